The maximum absolute atomic E-state index is 10.2. The van der Waals surface area contributed by atoms with Gasteiger partial charge in [0.1, 0.15) is 0 Å². The van der Waals surface area contributed by atoms with Crippen LogP contribution in [-0.2, 0) is 16.0 Å². The molecule has 0 bridgehead atoms. The third-order valence-electron chi connectivity index (χ3n) is 3.52. The number of aliphatic hydroxyl groups excluding tert-OH is 1. The Morgan fingerprint density at radius 1 is 1.30 bits per heavy atom. The zero-order valence-corrected chi connectivity index (χ0v) is 12.8. The van der Waals surface area contributed by atoms with Crippen molar-refractivity contribution < 1.29 is 14.6 Å². The minimum absolute atomic E-state index is 0.158. The molecule has 2 atom stereocenters. The lowest BCUT2D eigenvalue weighted by molar-refractivity contribution is -0.113. The van der Waals surface area contributed by atoms with Crippen molar-refractivity contribution in [1.82, 2.24) is 20.2 Å². The summed E-state index contributed by atoms with van der Waals surface area (Å²) in [6.07, 6.45) is 4.63. The Kier molecular flexibility index (Phi) is 6.21. The topological polar surface area (TPSA) is 82.3 Å². The monoisotopic (exact) mass is 302 g/mol. The molecule has 2 unspecified atom stereocenters. The maximum atomic E-state index is 10.2. The van der Waals surface area contributed by atoms with Crippen LogP contribution in [0.2, 0.25) is 0 Å². The van der Waals surface area contributed by atoms with Crippen molar-refractivity contribution in [1.29, 1.82) is 0 Å². The van der Waals surface area contributed by atoms with Crippen LogP contribution in [0.4, 0.5) is 0 Å². The largest absolute Gasteiger partial charge is 0.392 e. The highest BCUT2D eigenvalue weighted by Crippen LogP contribution is 2.31. The quantitative estimate of drug-likeness (QED) is 0.622. The molecule has 1 heterocycles. The van der Waals surface area contributed by atoms with Crippen LogP contribution < -0.4 is 0 Å². The molecular formula is C12H22N4O3S. The summed E-state index contributed by atoms with van der Waals surface area (Å²) in [6.45, 7) is 0.436. The molecule has 0 saturated heterocycles. The van der Waals surface area contributed by atoms with Gasteiger partial charge in [0, 0.05) is 19.5 Å². The first kappa shape index (κ1) is 15.7. The number of methoxy groups -OCH3 is 2. The lowest BCUT2D eigenvalue weighted by Crippen LogP contribution is -2.24. The molecule has 1 aliphatic carbocycles. The van der Waals surface area contributed by atoms with Crippen LogP contribution in [-0.4, -0.2) is 57.2 Å². The average Bonchev–Trinajstić information content (AvgIpc) is 2.79. The van der Waals surface area contributed by atoms with Gasteiger partial charge in [-0.15, -0.1) is 5.10 Å². The Morgan fingerprint density at radius 2 is 2.05 bits per heavy atom. The second kappa shape index (κ2) is 7.92. The Labute approximate surface area is 123 Å². The standard InChI is InChI=1S/C12H22N4O3S/c1-18-11(19-2)8-16-12(13-14-15-16)20-10-7-5-3-4-6-9(10)17/h9-11,17H,3-8H2,1-2H3. The van der Waals surface area contributed by atoms with Crippen molar-refractivity contribution in [3.63, 3.8) is 0 Å². The summed E-state index contributed by atoms with van der Waals surface area (Å²) in [7, 11) is 3.17. The Bertz CT molecular complexity index is 400. The van der Waals surface area contributed by atoms with Crippen LogP contribution in [0.15, 0.2) is 5.16 Å². The van der Waals surface area contributed by atoms with Crippen LogP contribution in [0.25, 0.3) is 0 Å². The van der Waals surface area contributed by atoms with Gasteiger partial charge in [-0.2, -0.15) is 0 Å². The number of tetrazole rings is 1. The number of thioether (sulfide) groups is 1. The molecule has 7 nitrogen and oxygen atoms in total. The predicted octanol–water partition coefficient (Wildman–Crippen LogP) is 1.08. The van der Waals surface area contributed by atoms with Gasteiger partial charge in [0.2, 0.25) is 5.16 Å². The van der Waals surface area contributed by atoms with Gasteiger partial charge < -0.3 is 14.6 Å². The van der Waals surface area contributed by atoms with Crippen LogP contribution in [0.1, 0.15) is 32.1 Å². The molecule has 1 fully saturated rings. The van der Waals surface area contributed by atoms with E-state index in [1.807, 2.05) is 0 Å². The summed E-state index contributed by atoms with van der Waals surface area (Å²) in [5, 5.41) is 22.7. The van der Waals surface area contributed by atoms with E-state index in [2.05, 4.69) is 15.5 Å². The number of hydrogen-bond donors (Lipinski definition) is 1. The molecular weight excluding hydrogens is 280 g/mol. The zero-order chi connectivity index (χ0) is 14.4. The van der Waals surface area contributed by atoms with E-state index in [4.69, 9.17) is 9.47 Å². The Morgan fingerprint density at radius 3 is 2.80 bits per heavy atom. The summed E-state index contributed by atoms with van der Waals surface area (Å²) >= 11 is 1.55. The third kappa shape index (κ3) is 4.15. The van der Waals surface area contributed by atoms with Gasteiger partial charge >= 0.3 is 0 Å². The minimum Gasteiger partial charge on any atom is -0.392 e. The molecule has 0 amide bonds. The van der Waals surface area contributed by atoms with Crippen LogP contribution in [0.3, 0.4) is 0 Å². The summed E-state index contributed by atoms with van der Waals surface area (Å²) in [5.74, 6) is 0. The average molecular weight is 302 g/mol. The second-order valence-corrected chi connectivity index (χ2v) is 6.11. The first-order chi connectivity index (χ1) is 9.74. The van der Waals surface area contributed by atoms with Crippen molar-refractivity contribution in [3.8, 4) is 0 Å². The minimum atomic E-state index is -0.378. The number of nitrogens with zero attached hydrogens (tertiary/aromatic N) is 4. The van der Waals surface area contributed by atoms with Gasteiger partial charge in [-0.25, -0.2) is 4.68 Å². The molecule has 8 heteroatoms. The zero-order valence-electron chi connectivity index (χ0n) is 11.9. The molecule has 1 saturated carbocycles. The van der Waals surface area contributed by atoms with Crippen molar-refractivity contribution in [2.45, 2.75) is 61.4 Å². The predicted molar refractivity (Wildman–Crippen MR) is 74.4 cm³/mol. The van der Waals surface area contributed by atoms with E-state index in [1.165, 1.54) is 6.42 Å². The van der Waals surface area contributed by atoms with E-state index in [0.717, 1.165) is 25.7 Å². The molecule has 1 aromatic heterocycles. The summed E-state index contributed by atoms with van der Waals surface area (Å²) in [5.41, 5.74) is 0. The second-order valence-electron chi connectivity index (χ2n) is 4.91. The highest BCUT2D eigenvalue weighted by molar-refractivity contribution is 7.99. The lowest BCUT2D eigenvalue weighted by Gasteiger charge is -2.19. The first-order valence-electron chi connectivity index (χ1n) is 6.91. The van der Waals surface area contributed by atoms with Gasteiger partial charge in [-0.3, -0.25) is 0 Å². The fourth-order valence-electron chi connectivity index (χ4n) is 2.31. The number of rotatable bonds is 6. The molecule has 1 aliphatic rings. The highest BCUT2D eigenvalue weighted by atomic mass is 32.2. The van der Waals surface area contributed by atoms with Crippen molar-refractivity contribution >= 4 is 11.8 Å². The summed E-state index contributed by atoms with van der Waals surface area (Å²) < 4.78 is 12.0. The lowest BCUT2D eigenvalue weighted by atomic mass is 10.1. The van der Waals surface area contributed by atoms with Gasteiger partial charge in [0.25, 0.3) is 0 Å². The third-order valence-corrected chi connectivity index (χ3v) is 4.88. The molecule has 0 radical (unpaired) electrons. The van der Waals surface area contributed by atoms with Crippen LogP contribution in [0, 0.1) is 0 Å². The van der Waals surface area contributed by atoms with Crippen molar-refractivity contribution in [2.75, 3.05) is 14.2 Å². The number of ether oxygens (including phenoxy) is 2. The van der Waals surface area contributed by atoms with Crippen molar-refractivity contribution in [2.24, 2.45) is 0 Å². The first-order valence-corrected chi connectivity index (χ1v) is 7.79. The van der Waals surface area contributed by atoms with Gasteiger partial charge in [-0.1, -0.05) is 31.0 Å². The molecule has 0 aromatic carbocycles. The molecule has 0 spiro atoms. The van der Waals surface area contributed by atoms with Gasteiger partial charge in [0.05, 0.1) is 12.6 Å². The molecule has 114 valence electrons. The molecule has 2 rings (SSSR count). The number of aliphatic hydroxyl groups is 1. The Balaban J connectivity index is 2.00. The summed E-state index contributed by atoms with van der Waals surface area (Å²) in [6, 6.07) is 0. The van der Waals surface area contributed by atoms with Crippen molar-refractivity contribution in [3.05, 3.63) is 0 Å². The fourth-order valence-corrected chi connectivity index (χ4v) is 3.47. The van der Waals surface area contributed by atoms with E-state index in [0.29, 0.717) is 11.7 Å². The van der Waals surface area contributed by atoms with Crippen LogP contribution in [0.5, 0.6) is 0 Å². The fraction of sp³-hybridized carbons (Fsp3) is 0.917. The van der Waals surface area contributed by atoms with E-state index in [1.54, 1.807) is 30.7 Å². The summed E-state index contributed by atoms with van der Waals surface area (Å²) in [4.78, 5) is 0. The number of hydrogen-bond acceptors (Lipinski definition) is 7. The normalized spacial score (nSPS) is 24.0. The van der Waals surface area contributed by atoms with E-state index in [9.17, 15) is 5.11 Å². The number of aromatic nitrogens is 4. The van der Waals surface area contributed by atoms with E-state index >= 15 is 0 Å². The van der Waals surface area contributed by atoms with Gasteiger partial charge in [0.15, 0.2) is 6.29 Å². The Hall–Kier alpha value is -0.700. The molecule has 1 N–H and O–H groups in total. The van der Waals surface area contributed by atoms with E-state index in [-0.39, 0.29) is 17.6 Å². The van der Waals surface area contributed by atoms with Gasteiger partial charge in [-0.05, 0) is 23.3 Å². The van der Waals surface area contributed by atoms with E-state index < -0.39 is 0 Å². The van der Waals surface area contributed by atoms with Crippen LogP contribution >= 0.6 is 11.8 Å². The smallest absolute Gasteiger partial charge is 0.209 e. The highest BCUT2D eigenvalue weighted by Gasteiger charge is 2.25. The molecule has 20 heavy (non-hydrogen) atoms. The molecule has 1 aromatic rings. The maximum Gasteiger partial charge on any atom is 0.209 e. The SMILES string of the molecule is COC(Cn1nnnc1SC1CCCCCC1O)OC. The molecule has 0 aliphatic heterocycles.